The van der Waals surface area contributed by atoms with E-state index in [1.54, 1.807) is 20.8 Å². The summed E-state index contributed by atoms with van der Waals surface area (Å²) in [5, 5.41) is 11.3. The van der Waals surface area contributed by atoms with Crippen molar-refractivity contribution >= 4 is 11.9 Å². The molecule has 0 saturated carbocycles. The molecule has 5 heteroatoms. The van der Waals surface area contributed by atoms with Gasteiger partial charge in [-0.2, -0.15) is 0 Å². The van der Waals surface area contributed by atoms with Gasteiger partial charge in [-0.15, -0.1) is 0 Å². The van der Waals surface area contributed by atoms with Gasteiger partial charge in [0.1, 0.15) is 6.04 Å². The van der Waals surface area contributed by atoms with Crippen LogP contribution in [0.4, 0.5) is 0 Å². The summed E-state index contributed by atoms with van der Waals surface area (Å²) in [6, 6.07) is -0.836. The van der Waals surface area contributed by atoms with Crippen LogP contribution in [-0.2, 0) is 14.3 Å². The summed E-state index contributed by atoms with van der Waals surface area (Å²) in [6.07, 6.45) is 0. The average Bonchev–Trinajstić information content (AvgIpc) is 2.12. The van der Waals surface area contributed by atoms with Crippen LogP contribution in [0.3, 0.4) is 0 Å². The van der Waals surface area contributed by atoms with E-state index in [0.717, 1.165) is 0 Å². The predicted octanol–water partition coefficient (Wildman–Crippen LogP) is 0.494. The first-order chi connectivity index (χ1) is 6.90. The fraction of sp³-hybridized carbons (Fsp3) is 0.800. The fourth-order valence-corrected chi connectivity index (χ4v) is 1.13. The van der Waals surface area contributed by atoms with Crippen LogP contribution in [0.2, 0.25) is 0 Å². The summed E-state index contributed by atoms with van der Waals surface area (Å²) in [5.74, 6) is -1.78. The maximum absolute atomic E-state index is 11.5. The van der Waals surface area contributed by atoms with Gasteiger partial charge < -0.3 is 15.2 Å². The van der Waals surface area contributed by atoms with E-state index in [9.17, 15) is 9.59 Å². The number of amides is 1. The zero-order chi connectivity index (χ0) is 12.0. The van der Waals surface area contributed by atoms with Gasteiger partial charge in [-0.05, 0) is 5.92 Å². The van der Waals surface area contributed by atoms with Crippen LogP contribution < -0.4 is 5.32 Å². The molecule has 0 aromatic rings. The molecular formula is C10H19NO4. The van der Waals surface area contributed by atoms with Gasteiger partial charge in [0.15, 0.2) is 0 Å². The summed E-state index contributed by atoms with van der Waals surface area (Å²) >= 11 is 0. The third-order valence-corrected chi connectivity index (χ3v) is 2.09. The van der Waals surface area contributed by atoms with E-state index in [-0.39, 0.29) is 24.3 Å². The fourth-order valence-electron chi connectivity index (χ4n) is 1.13. The van der Waals surface area contributed by atoms with Crippen molar-refractivity contribution in [1.82, 2.24) is 5.32 Å². The Morgan fingerprint density at radius 2 is 1.87 bits per heavy atom. The lowest BCUT2D eigenvalue weighted by atomic mass is 10.0. The van der Waals surface area contributed by atoms with Gasteiger partial charge in [-0.1, -0.05) is 20.8 Å². The zero-order valence-corrected chi connectivity index (χ0v) is 9.61. The number of ether oxygens (including phenoxy) is 1. The van der Waals surface area contributed by atoms with Gasteiger partial charge in [0.25, 0.3) is 0 Å². The number of carboxylic acids is 1. The van der Waals surface area contributed by atoms with E-state index in [2.05, 4.69) is 5.32 Å². The Hall–Kier alpha value is -1.10. The summed E-state index contributed by atoms with van der Waals surface area (Å²) < 4.78 is 4.82. The van der Waals surface area contributed by atoms with Crippen molar-refractivity contribution < 1.29 is 19.4 Å². The van der Waals surface area contributed by atoms with Crippen LogP contribution in [0, 0.1) is 11.8 Å². The molecule has 0 fully saturated rings. The van der Waals surface area contributed by atoms with E-state index >= 15 is 0 Å². The number of nitrogens with one attached hydrogen (secondary N) is 1. The standard InChI is InChI=1S/C10H19NO4/c1-6(2)8(10(13)14)11-9(12)7(3)5-15-4/h6-8H,5H2,1-4H3,(H,11,12)(H,13,14)/t7?,8-/m1/s1. The Morgan fingerprint density at radius 1 is 1.33 bits per heavy atom. The maximum Gasteiger partial charge on any atom is 0.326 e. The van der Waals surface area contributed by atoms with Crippen molar-refractivity contribution in [2.24, 2.45) is 11.8 Å². The lowest BCUT2D eigenvalue weighted by Gasteiger charge is -2.20. The number of hydrogen-bond donors (Lipinski definition) is 2. The molecule has 0 bridgehead atoms. The molecule has 0 spiro atoms. The highest BCUT2D eigenvalue weighted by atomic mass is 16.5. The molecule has 1 amide bonds. The molecule has 0 heterocycles. The molecule has 0 saturated heterocycles. The lowest BCUT2D eigenvalue weighted by molar-refractivity contribution is -0.144. The minimum Gasteiger partial charge on any atom is -0.480 e. The van der Waals surface area contributed by atoms with Crippen molar-refractivity contribution in [3.05, 3.63) is 0 Å². The third-order valence-electron chi connectivity index (χ3n) is 2.09. The topological polar surface area (TPSA) is 75.6 Å². The quantitative estimate of drug-likeness (QED) is 0.679. The van der Waals surface area contributed by atoms with Gasteiger partial charge in [-0.25, -0.2) is 4.79 Å². The van der Waals surface area contributed by atoms with Gasteiger partial charge in [-0.3, -0.25) is 4.79 Å². The van der Waals surface area contributed by atoms with Gasteiger partial charge >= 0.3 is 5.97 Å². The first-order valence-electron chi connectivity index (χ1n) is 4.92. The van der Waals surface area contributed by atoms with Crippen LogP contribution in [0.5, 0.6) is 0 Å². The number of carbonyl (C=O) groups excluding carboxylic acids is 1. The van der Waals surface area contributed by atoms with Crippen LogP contribution in [0.15, 0.2) is 0 Å². The minimum atomic E-state index is -1.01. The van der Waals surface area contributed by atoms with Crippen LogP contribution >= 0.6 is 0 Å². The largest absolute Gasteiger partial charge is 0.480 e. The van der Waals surface area contributed by atoms with Gasteiger partial charge in [0, 0.05) is 7.11 Å². The molecule has 0 rings (SSSR count). The van der Waals surface area contributed by atoms with E-state index in [1.165, 1.54) is 7.11 Å². The van der Waals surface area contributed by atoms with Crippen LogP contribution in [-0.4, -0.2) is 36.7 Å². The highest BCUT2D eigenvalue weighted by Crippen LogP contribution is 2.04. The number of carbonyl (C=O) groups is 2. The second-order valence-corrected chi connectivity index (χ2v) is 3.92. The highest BCUT2D eigenvalue weighted by molar-refractivity contribution is 5.84. The van der Waals surface area contributed by atoms with Crippen molar-refractivity contribution in [2.75, 3.05) is 13.7 Å². The molecule has 0 aromatic heterocycles. The summed E-state index contributed by atoms with van der Waals surface area (Å²) in [4.78, 5) is 22.3. The number of carboxylic acid groups (broad SMARTS) is 1. The van der Waals surface area contributed by atoms with E-state index in [4.69, 9.17) is 9.84 Å². The molecule has 0 aliphatic rings. The Morgan fingerprint density at radius 3 is 2.20 bits per heavy atom. The Bertz CT molecular complexity index is 227. The van der Waals surface area contributed by atoms with E-state index < -0.39 is 12.0 Å². The summed E-state index contributed by atoms with van der Waals surface area (Å²) in [7, 11) is 1.50. The number of methoxy groups -OCH3 is 1. The molecule has 0 aromatic carbocycles. The molecule has 88 valence electrons. The number of rotatable bonds is 6. The van der Waals surface area contributed by atoms with Crippen LogP contribution in [0.1, 0.15) is 20.8 Å². The molecule has 2 N–H and O–H groups in total. The number of hydrogen-bond acceptors (Lipinski definition) is 3. The molecule has 1 unspecified atom stereocenters. The van der Waals surface area contributed by atoms with E-state index in [0.29, 0.717) is 0 Å². The molecule has 15 heavy (non-hydrogen) atoms. The molecule has 2 atom stereocenters. The second-order valence-electron chi connectivity index (χ2n) is 3.92. The third kappa shape index (κ3) is 4.78. The smallest absolute Gasteiger partial charge is 0.326 e. The molecular weight excluding hydrogens is 198 g/mol. The van der Waals surface area contributed by atoms with Crippen LogP contribution in [0.25, 0.3) is 0 Å². The van der Waals surface area contributed by atoms with E-state index in [1.807, 2.05) is 0 Å². The maximum atomic E-state index is 11.5. The second kappa shape index (κ2) is 6.40. The van der Waals surface area contributed by atoms with Gasteiger partial charge in [0.05, 0.1) is 12.5 Å². The molecule has 0 radical (unpaired) electrons. The van der Waals surface area contributed by atoms with Crippen molar-refractivity contribution in [1.29, 1.82) is 0 Å². The zero-order valence-electron chi connectivity index (χ0n) is 9.61. The van der Waals surface area contributed by atoms with Gasteiger partial charge in [0.2, 0.25) is 5.91 Å². The summed E-state index contributed by atoms with van der Waals surface area (Å²) in [6.45, 7) is 5.48. The first-order valence-corrected chi connectivity index (χ1v) is 4.92. The Labute approximate surface area is 89.8 Å². The Kier molecular flexibility index (Phi) is 5.93. The number of aliphatic carboxylic acids is 1. The molecule has 0 aliphatic carbocycles. The normalized spacial score (nSPS) is 14.7. The Balaban J connectivity index is 4.29. The average molecular weight is 217 g/mol. The first kappa shape index (κ1) is 13.9. The lowest BCUT2D eigenvalue weighted by Crippen LogP contribution is -2.46. The highest BCUT2D eigenvalue weighted by Gasteiger charge is 2.25. The minimum absolute atomic E-state index is 0.138. The van der Waals surface area contributed by atoms with Crippen molar-refractivity contribution in [2.45, 2.75) is 26.8 Å². The molecule has 5 nitrogen and oxygen atoms in total. The SMILES string of the molecule is COCC(C)C(=O)N[C@@H](C(=O)O)C(C)C. The van der Waals surface area contributed by atoms with Crippen molar-refractivity contribution in [3.8, 4) is 0 Å². The predicted molar refractivity (Wildman–Crippen MR) is 55.4 cm³/mol. The summed E-state index contributed by atoms with van der Waals surface area (Å²) in [5.41, 5.74) is 0. The monoisotopic (exact) mass is 217 g/mol. The van der Waals surface area contributed by atoms with Crippen molar-refractivity contribution in [3.63, 3.8) is 0 Å². The molecule has 0 aliphatic heterocycles.